The van der Waals surface area contributed by atoms with Gasteiger partial charge in [-0.1, -0.05) is 19.8 Å². The first-order valence-corrected chi connectivity index (χ1v) is 3.87. The molecule has 0 saturated carbocycles. The summed E-state index contributed by atoms with van der Waals surface area (Å²) in [4.78, 5) is 10.1. The molecule has 0 aliphatic carbocycles. The summed E-state index contributed by atoms with van der Waals surface area (Å²) in [5, 5.41) is -0.580. The second-order valence-corrected chi connectivity index (χ2v) is 2.72. The topological polar surface area (TPSA) is 17.1 Å². The van der Waals surface area contributed by atoms with Crippen LogP contribution in [0.5, 0.6) is 0 Å². The minimum atomic E-state index is -1.04. The smallest absolute Gasteiger partial charge is 0.224 e. The molecule has 0 aromatic carbocycles. The maximum atomic E-state index is 12.5. The Morgan fingerprint density at radius 3 is 2.70 bits per heavy atom. The van der Waals surface area contributed by atoms with Crippen LogP contribution in [0.15, 0.2) is 0 Å². The van der Waals surface area contributed by atoms with Crippen molar-refractivity contribution >= 4 is 16.8 Å². The number of carbonyl (C=O) groups excluding carboxylic acids is 1. The third kappa shape index (κ3) is 6.02. The van der Waals surface area contributed by atoms with E-state index in [2.05, 4.69) is 0 Å². The van der Waals surface area contributed by atoms with Crippen molar-refractivity contribution in [2.75, 3.05) is 0 Å². The molecule has 0 fully saturated rings. The number of hydrogen-bond donors (Lipinski definition) is 0. The number of alkyl halides is 1. The van der Waals surface area contributed by atoms with Crippen LogP contribution in [0.3, 0.4) is 0 Å². The van der Waals surface area contributed by atoms with E-state index in [9.17, 15) is 9.18 Å². The van der Waals surface area contributed by atoms with Crippen LogP contribution in [0, 0.1) is 0 Å². The van der Waals surface area contributed by atoms with Crippen LogP contribution in [0.4, 0.5) is 4.39 Å². The van der Waals surface area contributed by atoms with Crippen LogP contribution in [0.2, 0.25) is 0 Å². The lowest BCUT2D eigenvalue weighted by Gasteiger charge is -2.01. The van der Waals surface area contributed by atoms with Crippen LogP contribution in [0.25, 0.3) is 0 Å². The number of carbonyl (C=O) groups is 1. The molecule has 0 N–H and O–H groups in total. The molecule has 1 atom stereocenters. The van der Waals surface area contributed by atoms with Crippen molar-refractivity contribution in [2.45, 2.75) is 38.8 Å². The van der Waals surface area contributed by atoms with Crippen molar-refractivity contribution in [1.29, 1.82) is 0 Å². The van der Waals surface area contributed by atoms with Crippen LogP contribution < -0.4 is 0 Å². The Morgan fingerprint density at radius 1 is 1.70 bits per heavy atom. The predicted octanol–water partition coefficient (Wildman–Crippen LogP) is 2.67. The van der Waals surface area contributed by atoms with Gasteiger partial charge >= 0.3 is 0 Å². The van der Waals surface area contributed by atoms with Crippen molar-refractivity contribution in [1.82, 2.24) is 0 Å². The number of hydrogen-bond acceptors (Lipinski definition) is 1. The van der Waals surface area contributed by atoms with Gasteiger partial charge in [0, 0.05) is 0 Å². The average Bonchev–Trinajstić information content (AvgIpc) is 1.82. The van der Waals surface area contributed by atoms with Crippen molar-refractivity contribution in [2.24, 2.45) is 0 Å². The van der Waals surface area contributed by atoms with Crippen LogP contribution in [0.1, 0.15) is 32.6 Å². The predicted molar refractivity (Wildman–Crippen MR) is 39.9 cm³/mol. The van der Waals surface area contributed by atoms with Crippen molar-refractivity contribution in [3.8, 4) is 0 Å². The minimum absolute atomic E-state index is 0.137. The van der Waals surface area contributed by atoms with E-state index in [0.29, 0.717) is 6.42 Å². The highest BCUT2D eigenvalue weighted by Crippen LogP contribution is 2.09. The second-order valence-electron chi connectivity index (χ2n) is 2.30. The lowest BCUT2D eigenvalue weighted by atomic mass is 10.1. The standard InChI is InChI=1S/C7H12ClFO/c1-2-3-4-6(9)5-7(8)10/h6H,2-5H2,1H3/t6-/m1/s1. The molecule has 1 nitrogen and oxygen atoms in total. The zero-order valence-electron chi connectivity index (χ0n) is 6.07. The molecule has 0 amide bonds. The van der Waals surface area contributed by atoms with Gasteiger partial charge in [-0.15, -0.1) is 0 Å². The van der Waals surface area contributed by atoms with E-state index in [-0.39, 0.29) is 6.42 Å². The zero-order chi connectivity index (χ0) is 7.98. The molecule has 0 saturated heterocycles. The number of unbranched alkanes of at least 4 members (excludes halogenated alkanes) is 1. The molecule has 0 rings (SSSR count). The molecular weight excluding hydrogens is 155 g/mol. The highest BCUT2D eigenvalue weighted by atomic mass is 35.5. The summed E-state index contributed by atoms with van der Waals surface area (Å²) in [6, 6.07) is 0. The van der Waals surface area contributed by atoms with Crippen LogP contribution in [-0.2, 0) is 4.79 Å². The van der Waals surface area contributed by atoms with Gasteiger partial charge in [0.05, 0.1) is 6.42 Å². The third-order valence-corrected chi connectivity index (χ3v) is 1.41. The molecular formula is C7H12ClFO. The summed E-state index contributed by atoms with van der Waals surface area (Å²) < 4.78 is 12.5. The monoisotopic (exact) mass is 166 g/mol. The van der Waals surface area contributed by atoms with E-state index >= 15 is 0 Å². The molecule has 10 heavy (non-hydrogen) atoms. The van der Waals surface area contributed by atoms with Crippen molar-refractivity contribution in [3.63, 3.8) is 0 Å². The Labute approximate surface area is 65.6 Å². The zero-order valence-corrected chi connectivity index (χ0v) is 6.83. The second kappa shape index (κ2) is 5.66. The first-order chi connectivity index (χ1) is 4.66. The summed E-state index contributed by atoms with van der Waals surface area (Å²) in [5.41, 5.74) is 0. The highest BCUT2D eigenvalue weighted by Gasteiger charge is 2.08. The molecule has 0 aliphatic heterocycles. The highest BCUT2D eigenvalue weighted by molar-refractivity contribution is 6.63. The van der Waals surface area contributed by atoms with Crippen LogP contribution >= 0.6 is 11.6 Å². The van der Waals surface area contributed by atoms with Gasteiger partial charge in [-0.05, 0) is 18.0 Å². The Morgan fingerprint density at radius 2 is 2.30 bits per heavy atom. The Hall–Kier alpha value is -0.110. The average molecular weight is 167 g/mol. The lowest BCUT2D eigenvalue weighted by Crippen LogP contribution is -2.03. The molecule has 0 unspecified atom stereocenters. The Bertz CT molecular complexity index is 106. The van der Waals surface area contributed by atoms with E-state index < -0.39 is 11.4 Å². The van der Waals surface area contributed by atoms with E-state index in [1.165, 1.54) is 0 Å². The van der Waals surface area contributed by atoms with E-state index in [1.54, 1.807) is 0 Å². The van der Waals surface area contributed by atoms with Gasteiger partial charge in [-0.2, -0.15) is 0 Å². The fraction of sp³-hybridized carbons (Fsp3) is 0.857. The molecule has 0 aromatic heterocycles. The number of rotatable bonds is 5. The summed E-state index contributed by atoms with van der Waals surface area (Å²) in [5.74, 6) is 0. The molecule has 60 valence electrons. The molecule has 0 heterocycles. The molecule has 0 spiro atoms. The first kappa shape index (κ1) is 9.89. The molecule has 0 aliphatic rings. The number of halogens is 2. The normalized spacial score (nSPS) is 13.1. The lowest BCUT2D eigenvalue weighted by molar-refractivity contribution is -0.112. The van der Waals surface area contributed by atoms with Gasteiger partial charge < -0.3 is 0 Å². The fourth-order valence-electron chi connectivity index (χ4n) is 0.702. The van der Waals surface area contributed by atoms with Crippen molar-refractivity contribution in [3.05, 3.63) is 0 Å². The first-order valence-electron chi connectivity index (χ1n) is 3.49. The Balaban J connectivity index is 3.25. The van der Waals surface area contributed by atoms with Gasteiger partial charge in [0.1, 0.15) is 6.17 Å². The fourth-order valence-corrected chi connectivity index (χ4v) is 0.869. The van der Waals surface area contributed by atoms with Crippen molar-refractivity contribution < 1.29 is 9.18 Å². The Kier molecular flexibility index (Phi) is 5.60. The van der Waals surface area contributed by atoms with Gasteiger partial charge in [-0.25, -0.2) is 4.39 Å². The summed E-state index contributed by atoms with van der Waals surface area (Å²) in [7, 11) is 0. The molecule has 0 radical (unpaired) electrons. The maximum Gasteiger partial charge on any atom is 0.224 e. The molecule has 3 heteroatoms. The van der Waals surface area contributed by atoms with E-state index in [4.69, 9.17) is 11.6 Å². The quantitative estimate of drug-likeness (QED) is 0.574. The maximum absolute atomic E-state index is 12.5. The molecule has 0 bridgehead atoms. The summed E-state index contributed by atoms with van der Waals surface area (Å²) in [6.07, 6.45) is 1.06. The van der Waals surface area contributed by atoms with E-state index in [1.807, 2.05) is 6.92 Å². The summed E-state index contributed by atoms with van der Waals surface area (Å²) in [6.45, 7) is 1.98. The largest absolute Gasteiger partial charge is 0.281 e. The van der Waals surface area contributed by atoms with E-state index in [0.717, 1.165) is 12.8 Å². The van der Waals surface area contributed by atoms with Gasteiger partial charge in [-0.3, -0.25) is 4.79 Å². The SMILES string of the molecule is CCCC[C@@H](F)CC(=O)Cl. The molecule has 0 aromatic rings. The van der Waals surface area contributed by atoms with Gasteiger partial charge in [0.25, 0.3) is 0 Å². The van der Waals surface area contributed by atoms with Gasteiger partial charge in [0.2, 0.25) is 5.24 Å². The van der Waals surface area contributed by atoms with Gasteiger partial charge in [0.15, 0.2) is 0 Å². The minimum Gasteiger partial charge on any atom is -0.281 e. The van der Waals surface area contributed by atoms with Crippen LogP contribution in [-0.4, -0.2) is 11.4 Å². The summed E-state index contributed by atoms with van der Waals surface area (Å²) >= 11 is 4.97. The third-order valence-electron chi connectivity index (χ3n) is 1.25.